The summed E-state index contributed by atoms with van der Waals surface area (Å²) in [5.74, 6) is 1.78. The van der Waals surface area contributed by atoms with E-state index in [9.17, 15) is 0 Å². The average molecular weight is 277 g/mol. The van der Waals surface area contributed by atoms with Gasteiger partial charge in [0.25, 0.3) is 0 Å². The van der Waals surface area contributed by atoms with Gasteiger partial charge in [0.15, 0.2) is 0 Å². The molecule has 1 N–H and O–H groups in total. The number of hydrogen-bond acceptors (Lipinski definition) is 3. The van der Waals surface area contributed by atoms with Gasteiger partial charge in [0.1, 0.15) is 5.82 Å². The Labute approximate surface area is 121 Å². The maximum Gasteiger partial charge on any atom is 0.111 e. The second-order valence-electron chi connectivity index (χ2n) is 6.77. The van der Waals surface area contributed by atoms with E-state index in [1.165, 1.54) is 36.5 Å². The molecule has 1 aliphatic heterocycles. The molecule has 0 radical (unpaired) electrons. The predicted molar refractivity (Wildman–Crippen MR) is 79.9 cm³/mol. The molecule has 0 spiro atoms. The van der Waals surface area contributed by atoms with Gasteiger partial charge >= 0.3 is 0 Å². The van der Waals surface area contributed by atoms with Crippen LogP contribution in [-0.4, -0.2) is 29.8 Å². The van der Waals surface area contributed by atoms with Crippen molar-refractivity contribution in [3.8, 4) is 0 Å². The molecule has 1 aliphatic carbocycles. The first kappa shape index (κ1) is 14.1. The summed E-state index contributed by atoms with van der Waals surface area (Å²) in [6.07, 6.45) is 5.00. The van der Waals surface area contributed by atoms with Crippen molar-refractivity contribution in [1.82, 2.24) is 14.9 Å². The molecule has 0 amide bonds. The van der Waals surface area contributed by atoms with Crippen molar-refractivity contribution in [1.29, 1.82) is 0 Å². The Morgan fingerprint density at radius 1 is 1.40 bits per heavy atom. The van der Waals surface area contributed by atoms with Gasteiger partial charge in [0.05, 0.1) is 5.69 Å². The van der Waals surface area contributed by atoms with Gasteiger partial charge in [-0.1, -0.05) is 13.8 Å². The molecule has 112 valence electrons. The molecule has 2 heterocycles. The van der Waals surface area contributed by atoms with Crippen LogP contribution in [0.25, 0.3) is 0 Å². The molecule has 4 heteroatoms. The average Bonchev–Trinajstić information content (AvgIpc) is 3.11. The monoisotopic (exact) mass is 277 g/mol. The fourth-order valence-corrected chi connectivity index (χ4v) is 3.33. The van der Waals surface area contributed by atoms with E-state index in [0.717, 1.165) is 32.7 Å². The first-order chi connectivity index (χ1) is 9.65. The fraction of sp³-hybridized carbons (Fsp3) is 0.812. The van der Waals surface area contributed by atoms with Crippen LogP contribution in [0.4, 0.5) is 0 Å². The van der Waals surface area contributed by atoms with Gasteiger partial charge in [0, 0.05) is 51.4 Å². The molecular weight excluding hydrogens is 250 g/mol. The zero-order valence-electron chi connectivity index (χ0n) is 13.0. The van der Waals surface area contributed by atoms with Crippen molar-refractivity contribution in [3.63, 3.8) is 0 Å². The lowest BCUT2D eigenvalue weighted by atomic mass is 10.0. The molecule has 0 bridgehead atoms. The van der Waals surface area contributed by atoms with Crippen LogP contribution in [0.3, 0.4) is 0 Å². The van der Waals surface area contributed by atoms with Gasteiger partial charge in [-0.3, -0.25) is 0 Å². The largest absolute Gasteiger partial charge is 0.385 e. The number of fused-ring (bicyclic) bond motifs is 1. The zero-order valence-corrected chi connectivity index (χ0v) is 13.0. The summed E-state index contributed by atoms with van der Waals surface area (Å²) >= 11 is 0. The van der Waals surface area contributed by atoms with E-state index in [1.807, 2.05) is 0 Å². The Hall–Kier alpha value is -0.870. The van der Waals surface area contributed by atoms with Crippen molar-refractivity contribution in [2.75, 3.05) is 20.3 Å². The minimum Gasteiger partial charge on any atom is -0.385 e. The van der Waals surface area contributed by atoms with Crippen LogP contribution in [0.5, 0.6) is 0 Å². The van der Waals surface area contributed by atoms with Gasteiger partial charge in [0.2, 0.25) is 0 Å². The number of imidazole rings is 1. The summed E-state index contributed by atoms with van der Waals surface area (Å²) in [5, 5.41) is 3.44. The van der Waals surface area contributed by atoms with Crippen LogP contribution >= 0.6 is 0 Å². The lowest BCUT2D eigenvalue weighted by Crippen LogP contribution is -2.26. The van der Waals surface area contributed by atoms with Gasteiger partial charge in [-0.25, -0.2) is 4.98 Å². The smallest absolute Gasteiger partial charge is 0.111 e. The molecule has 0 atom stereocenters. The zero-order chi connectivity index (χ0) is 14.2. The van der Waals surface area contributed by atoms with E-state index in [1.54, 1.807) is 7.11 Å². The number of rotatable bonds is 6. The maximum atomic E-state index is 5.29. The van der Waals surface area contributed by atoms with Crippen LogP contribution < -0.4 is 5.32 Å². The highest BCUT2D eigenvalue weighted by atomic mass is 16.5. The Kier molecular flexibility index (Phi) is 3.87. The Morgan fingerprint density at radius 2 is 2.20 bits per heavy atom. The van der Waals surface area contributed by atoms with E-state index >= 15 is 0 Å². The molecule has 1 fully saturated rings. The quantitative estimate of drug-likeness (QED) is 0.868. The Balaban J connectivity index is 1.86. The topological polar surface area (TPSA) is 39.1 Å². The van der Waals surface area contributed by atoms with Crippen molar-refractivity contribution >= 4 is 0 Å². The molecule has 3 rings (SSSR count). The normalized spacial score (nSPS) is 20.2. The summed E-state index contributed by atoms with van der Waals surface area (Å²) in [6, 6.07) is 0. The van der Waals surface area contributed by atoms with Crippen molar-refractivity contribution < 1.29 is 4.74 Å². The van der Waals surface area contributed by atoms with Gasteiger partial charge in [-0.05, 0) is 24.7 Å². The Bertz CT molecular complexity index is 474. The number of nitrogens with one attached hydrogen (secondary N) is 1. The Morgan fingerprint density at radius 3 is 2.85 bits per heavy atom. The van der Waals surface area contributed by atoms with E-state index in [-0.39, 0.29) is 0 Å². The predicted octanol–water partition coefficient (Wildman–Crippen LogP) is 2.47. The highest BCUT2D eigenvalue weighted by Crippen LogP contribution is 2.50. The fourth-order valence-electron chi connectivity index (χ4n) is 3.33. The van der Waals surface area contributed by atoms with E-state index in [0.29, 0.717) is 11.3 Å². The third-order valence-corrected chi connectivity index (χ3v) is 4.82. The maximum absolute atomic E-state index is 5.29. The standard InChI is InChI=1S/C16H27N3O/c1-12(2)15-18-13-10-17-8-4-14(13)19(15)11-16(5-6-16)7-9-20-3/h12,17H,4-11H2,1-3H3. The SMILES string of the molecule is COCCC1(Cn2c(C(C)C)nc3c2CCNC3)CC1. The molecule has 1 aromatic rings. The molecule has 0 unspecified atom stereocenters. The number of nitrogens with zero attached hydrogens (tertiary/aromatic N) is 2. The van der Waals surface area contributed by atoms with E-state index < -0.39 is 0 Å². The third kappa shape index (κ3) is 2.63. The molecule has 20 heavy (non-hydrogen) atoms. The van der Waals surface area contributed by atoms with Crippen molar-refractivity contribution in [2.45, 2.75) is 58.5 Å². The molecule has 1 aromatic heterocycles. The lowest BCUT2D eigenvalue weighted by molar-refractivity contribution is 0.166. The number of hydrogen-bond donors (Lipinski definition) is 1. The molecule has 2 aliphatic rings. The van der Waals surface area contributed by atoms with Crippen LogP contribution in [0, 0.1) is 5.41 Å². The highest BCUT2D eigenvalue weighted by Gasteiger charge is 2.43. The first-order valence-electron chi connectivity index (χ1n) is 7.93. The highest BCUT2D eigenvalue weighted by molar-refractivity contribution is 5.22. The van der Waals surface area contributed by atoms with Crippen LogP contribution in [0.2, 0.25) is 0 Å². The molecule has 4 nitrogen and oxygen atoms in total. The second-order valence-corrected chi connectivity index (χ2v) is 6.77. The number of aromatic nitrogens is 2. The van der Waals surface area contributed by atoms with Crippen LogP contribution in [0.1, 0.15) is 56.2 Å². The molecule has 0 saturated heterocycles. The van der Waals surface area contributed by atoms with E-state index in [2.05, 4.69) is 23.7 Å². The molecule has 0 aromatic carbocycles. The summed E-state index contributed by atoms with van der Waals surface area (Å²) < 4.78 is 7.84. The van der Waals surface area contributed by atoms with E-state index in [4.69, 9.17) is 9.72 Å². The first-order valence-corrected chi connectivity index (χ1v) is 7.93. The lowest BCUT2D eigenvalue weighted by Gasteiger charge is -2.22. The van der Waals surface area contributed by atoms with Gasteiger partial charge < -0.3 is 14.6 Å². The molecular formula is C16H27N3O. The number of methoxy groups -OCH3 is 1. The third-order valence-electron chi connectivity index (χ3n) is 4.82. The minimum absolute atomic E-state index is 0.485. The van der Waals surface area contributed by atoms with Gasteiger partial charge in [-0.15, -0.1) is 0 Å². The van der Waals surface area contributed by atoms with Gasteiger partial charge in [-0.2, -0.15) is 0 Å². The van der Waals surface area contributed by atoms with Crippen molar-refractivity contribution in [3.05, 3.63) is 17.2 Å². The van der Waals surface area contributed by atoms with Crippen LogP contribution in [-0.2, 0) is 24.2 Å². The summed E-state index contributed by atoms with van der Waals surface area (Å²) in [4.78, 5) is 4.91. The molecule has 1 saturated carbocycles. The minimum atomic E-state index is 0.485. The summed E-state index contributed by atoms with van der Waals surface area (Å²) in [7, 11) is 1.81. The van der Waals surface area contributed by atoms with Crippen molar-refractivity contribution in [2.24, 2.45) is 5.41 Å². The van der Waals surface area contributed by atoms with Crippen LogP contribution in [0.15, 0.2) is 0 Å². The summed E-state index contributed by atoms with van der Waals surface area (Å²) in [5.41, 5.74) is 3.25. The second kappa shape index (κ2) is 5.49. The number of ether oxygens (including phenoxy) is 1. The summed E-state index contributed by atoms with van der Waals surface area (Å²) in [6.45, 7) is 8.56.